The summed E-state index contributed by atoms with van der Waals surface area (Å²) in [5, 5.41) is 22.2. The molecule has 1 aromatic rings. The second kappa shape index (κ2) is 5.23. The van der Waals surface area contributed by atoms with Gasteiger partial charge in [0.1, 0.15) is 0 Å². The van der Waals surface area contributed by atoms with Crippen LogP contribution in [-0.2, 0) is 10.2 Å². The standard InChI is InChI=1S/C21H28O5/c1-11(2)12-8-13-14(22)9-15-19(3,4)21(24)7-6-20(15,10-26-21)16(13)17(23)18(12)25-5/h8,11,15,23-24H,6-7,9-10H2,1-5H3. The van der Waals surface area contributed by atoms with Crippen molar-refractivity contribution in [2.75, 3.05) is 13.7 Å². The van der Waals surface area contributed by atoms with E-state index in [0.29, 0.717) is 42.7 Å². The van der Waals surface area contributed by atoms with Crippen LogP contribution >= 0.6 is 0 Å². The van der Waals surface area contributed by atoms with Crippen LogP contribution in [0.25, 0.3) is 0 Å². The number of ketones is 1. The molecule has 5 rings (SSSR count). The molecule has 4 aliphatic rings. The highest BCUT2D eigenvalue weighted by molar-refractivity contribution is 6.01. The molecule has 1 aromatic carbocycles. The molecular formula is C21H28O5. The number of phenols is 1. The van der Waals surface area contributed by atoms with Gasteiger partial charge in [0, 0.05) is 40.4 Å². The number of hydrogen-bond donors (Lipinski definition) is 2. The predicted molar refractivity (Wildman–Crippen MR) is 96.8 cm³/mol. The molecule has 3 unspecified atom stereocenters. The Morgan fingerprint density at radius 2 is 2.00 bits per heavy atom. The van der Waals surface area contributed by atoms with E-state index in [0.717, 1.165) is 5.56 Å². The summed E-state index contributed by atoms with van der Waals surface area (Å²) in [7, 11) is 1.55. The van der Waals surface area contributed by atoms with E-state index in [9.17, 15) is 15.0 Å². The SMILES string of the molecule is COc1c(C(C)C)cc2c(c1O)C13CCC(O)(OC1)C(C)(C)C3CC2=O. The number of methoxy groups -OCH3 is 1. The average Bonchev–Trinajstić information content (AvgIpc) is 2.58. The number of phenolic OH excluding ortho intramolecular Hbond substituents is 1. The van der Waals surface area contributed by atoms with E-state index in [-0.39, 0.29) is 23.4 Å². The maximum Gasteiger partial charge on any atom is 0.170 e. The van der Waals surface area contributed by atoms with Crippen molar-refractivity contribution in [1.29, 1.82) is 0 Å². The van der Waals surface area contributed by atoms with Gasteiger partial charge < -0.3 is 19.7 Å². The van der Waals surface area contributed by atoms with E-state index >= 15 is 0 Å². The molecule has 5 heteroatoms. The van der Waals surface area contributed by atoms with Gasteiger partial charge in [0.05, 0.1) is 13.7 Å². The lowest BCUT2D eigenvalue weighted by Gasteiger charge is -2.65. The minimum atomic E-state index is -1.21. The monoisotopic (exact) mass is 360 g/mol. The molecule has 142 valence electrons. The smallest absolute Gasteiger partial charge is 0.170 e. The van der Waals surface area contributed by atoms with Gasteiger partial charge >= 0.3 is 0 Å². The van der Waals surface area contributed by atoms with Gasteiger partial charge in [0.2, 0.25) is 0 Å². The van der Waals surface area contributed by atoms with Gasteiger partial charge in [-0.2, -0.15) is 0 Å². The number of ether oxygens (including phenoxy) is 2. The molecule has 2 bridgehead atoms. The summed E-state index contributed by atoms with van der Waals surface area (Å²) in [4.78, 5) is 13.1. The molecule has 1 spiro atoms. The highest BCUT2D eigenvalue weighted by Crippen LogP contribution is 2.66. The van der Waals surface area contributed by atoms with Crippen LogP contribution in [0.2, 0.25) is 0 Å². The fourth-order valence-corrected chi connectivity index (χ4v) is 5.69. The molecule has 0 aromatic heterocycles. The predicted octanol–water partition coefficient (Wildman–Crippen LogP) is 3.50. The van der Waals surface area contributed by atoms with Crippen LogP contribution in [0.4, 0.5) is 0 Å². The molecule has 26 heavy (non-hydrogen) atoms. The minimum absolute atomic E-state index is 0.0275. The number of rotatable bonds is 2. The highest BCUT2D eigenvalue weighted by Gasteiger charge is 2.68. The van der Waals surface area contributed by atoms with Gasteiger partial charge in [0.25, 0.3) is 0 Å². The maximum atomic E-state index is 13.1. The molecule has 3 fully saturated rings. The van der Waals surface area contributed by atoms with Crippen LogP contribution in [0.15, 0.2) is 6.07 Å². The molecule has 0 amide bonds. The van der Waals surface area contributed by atoms with E-state index in [1.165, 1.54) is 0 Å². The first-order valence-electron chi connectivity index (χ1n) is 9.43. The zero-order valence-electron chi connectivity index (χ0n) is 16.2. The van der Waals surface area contributed by atoms with Crippen molar-refractivity contribution in [3.05, 3.63) is 22.8 Å². The lowest BCUT2D eigenvalue weighted by molar-refractivity contribution is -0.355. The van der Waals surface area contributed by atoms with Gasteiger partial charge in [-0.1, -0.05) is 27.7 Å². The molecule has 2 saturated heterocycles. The summed E-state index contributed by atoms with van der Waals surface area (Å²) in [5.74, 6) is -0.624. The third-order valence-electron chi connectivity index (χ3n) is 7.32. The Kier molecular flexibility index (Phi) is 3.58. The van der Waals surface area contributed by atoms with Crippen LogP contribution in [0.1, 0.15) is 74.4 Å². The second-order valence-corrected chi connectivity index (χ2v) is 9.06. The molecule has 1 saturated carbocycles. The van der Waals surface area contributed by atoms with Crippen LogP contribution in [0.5, 0.6) is 11.5 Å². The van der Waals surface area contributed by atoms with Crippen molar-refractivity contribution in [3.8, 4) is 11.5 Å². The summed E-state index contributed by atoms with van der Waals surface area (Å²) in [6, 6.07) is 1.90. The van der Waals surface area contributed by atoms with Gasteiger partial charge in [-0.05, 0) is 24.3 Å². The van der Waals surface area contributed by atoms with Crippen molar-refractivity contribution in [1.82, 2.24) is 0 Å². The van der Waals surface area contributed by atoms with E-state index < -0.39 is 16.6 Å². The summed E-state index contributed by atoms with van der Waals surface area (Å²) in [6.07, 6.45) is 1.56. The molecule has 2 heterocycles. The number of carbonyl (C=O) groups excluding carboxylic acids is 1. The number of benzene rings is 1. The summed E-state index contributed by atoms with van der Waals surface area (Å²) < 4.78 is 11.5. The number of hydrogen-bond acceptors (Lipinski definition) is 5. The first-order valence-corrected chi connectivity index (χ1v) is 9.43. The molecule has 2 N–H and O–H groups in total. The fourth-order valence-electron chi connectivity index (χ4n) is 5.69. The average molecular weight is 360 g/mol. The fraction of sp³-hybridized carbons (Fsp3) is 0.667. The van der Waals surface area contributed by atoms with Crippen LogP contribution in [-0.4, -0.2) is 35.5 Å². The van der Waals surface area contributed by atoms with Crippen molar-refractivity contribution in [3.63, 3.8) is 0 Å². The van der Waals surface area contributed by atoms with Crippen molar-refractivity contribution < 1.29 is 24.5 Å². The zero-order chi connectivity index (χ0) is 19.1. The lowest BCUT2D eigenvalue weighted by atomic mass is 9.46. The second-order valence-electron chi connectivity index (χ2n) is 9.06. The van der Waals surface area contributed by atoms with E-state index in [1.807, 2.05) is 33.8 Å². The first kappa shape index (κ1) is 17.8. The van der Waals surface area contributed by atoms with Gasteiger partial charge in [-0.3, -0.25) is 4.79 Å². The minimum Gasteiger partial charge on any atom is -0.504 e. The van der Waals surface area contributed by atoms with Gasteiger partial charge in [0.15, 0.2) is 23.1 Å². The van der Waals surface area contributed by atoms with Crippen LogP contribution < -0.4 is 4.74 Å². The number of carbonyl (C=O) groups is 1. The van der Waals surface area contributed by atoms with Crippen LogP contribution in [0.3, 0.4) is 0 Å². The van der Waals surface area contributed by atoms with Crippen LogP contribution in [0, 0.1) is 11.3 Å². The molecule has 0 radical (unpaired) electrons. The Morgan fingerprint density at radius 1 is 1.31 bits per heavy atom. The highest BCUT2D eigenvalue weighted by atomic mass is 16.6. The quantitative estimate of drug-likeness (QED) is 0.844. The Balaban J connectivity index is 2.01. The third kappa shape index (κ3) is 1.91. The zero-order valence-corrected chi connectivity index (χ0v) is 16.2. The molecule has 5 nitrogen and oxygen atoms in total. The largest absolute Gasteiger partial charge is 0.504 e. The van der Waals surface area contributed by atoms with Gasteiger partial charge in [-0.25, -0.2) is 0 Å². The Morgan fingerprint density at radius 3 is 2.54 bits per heavy atom. The van der Waals surface area contributed by atoms with E-state index in [1.54, 1.807) is 7.11 Å². The summed E-state index contributed by atoms with van der Waals surface area (Å²) in [6.45, 7) is 8.30. The van der Waals surface area contributed by atoms with Crippen molar-refractivity contribution in [2.24, 2.45) is 11.3 Å². The molecule has 2 aliphatic heterocycles. The summed E-state index contributed by atoms with van der Waals surface area (Å²) in [5.41, 5.74) is 1.05. The Labute approximate surface area is 154 Å². The van der Waals surface area contributed by atoms with Gasteiger partial charge in [-0.15, -0.1) is 0 Å². The third-order valence-corrected chi connectivity index (χ3v) is 7.32. The molecule has 3 atom stereocenters. The number of Topliss-reactive ketones (excluding diaryl/α,β-unsaturated/α-hetero) is 1. The lowest BCUT2D eigenvalue weighted by Crippen LogP contribution is -2.69. The van der Waals surface area contributed by atoms with E-state index in [2.05, 4.69) is 0 Å². The number of fused-ring (bicyclic) bond motifs is 3. The first-order chi connectivity index (χ1) is 12.1. The van der Waals surface area contributed by atoms with Crippen molar-refractivity contribution >= 4 is 5.78 Å². The Bertz CT molecular complexity index is 784. The topological polar surface area (TPSA) is 76.0 Å². The molecule has 2 aliphatic carbocycles. The van der Waals surface area contributed by atoms with Crippen molar-refractivity contribution in [2.45, 2.75) is 64.1 Å². The summed E-state index contributed by atoms with van der Waals surface area (Å²) >= 11 is 0. The maximum absolute atomic E-state index is 13.1. The number of aromatic hydroxyl groups is 1. The number of aliphatic hydroxyl groups is 1. The van der Waals surface area contributed by atoms with E-state index in [4.69, 9.17) is 9.47 Å². The normalized spacial score (nSPS) is 34.6. The Hall–Kier alpha value is -1.59. The molecular weight excluding hydrogens is 332 g/mol.